The molecule has 3 rings (SSSR count). The molecule has 0 radical (unpaired) electrons. The van der Waals surface area contributed by atoms with Crippen molar-refractivity contribution in [3.8, 4) is 11.5 Å². The standard InChI is InChI=1S/C14H14N2OS/c1-2-7-15-14-16-11(9-18-14)13-8-10-5-3-4-6-12(10)17-13/h3-6,8-9H,2,7H2,1H3,(H,15,16). The zero-order chi connectivity index (χ0) is 12.4. The van der Waals surface area contributed by atoms with E-state index in [1.165, 1.54) is 0 Å². The number of para-hydroxylation sites is 1. The summed E-state index contributed by atoms with van der Waals surface area (Å²) in [5.41, 5.74) is 1.80. The highest BCUT2D eigenvalue weighted by Gasteiger charge is 2.09. The number of hydrogen-bond donors (Lipinski definition) is 1. The molecule has 2 aromatic heterocycles. The summed E-state index contributed by atoms with van der Waals surface area (Å²) in [5.74, 6) is 0.831. The van der Waals surface area contributed by atoms with Gasteiger partial charge in [-0.1, -0.05) is 25.1 Å². The highest BCUT2D eigenvalue weighted by Crippen LogP contribution is 2.29. The monoisotopic (exact) mass is 258 g/mol. The van der Waals surface area contributed by atoms with Gasteiger partial charge in [-0.3, -0.25) is 0 Å². The van der Waals surface area contributed by atoms with Gasteiger partial charge in [0.1, 0.15) is 11.3 Å². The van der Waals surface area contributed by atoms with E-state index in [4.69, 9.17) is 4.42 Å². The molecule has 0 bridgehead atoms. The summed E-state index contributed by atoms with van der Waals surface area (Å²) in [4.78, 5) is 4.53. The quantitative estimate of drug-likeness (QED) is 0.754. The summed E-state index contributed by atoms with van der Waals surface area (Å²) in [6, 6.07) is 10.0. The largest absolute Gasteiger partial charge is 0.454 e. The average Bonchev–Trinajstić information content (AvgIpc) is 3.02. The van der Waals surface area contributed by atoms with Crippen LogP contribution in [0.2, 0.25) is 0 Å². The van der Waals surface area contributed by atoms with E-state index < -0.39 is 0 Å². The molecule has 0 saturated carbocycles. The van der Waals surface area contributed by atoms with Gasteiger partial charge >= 0.3 is 0 Å². The molecule has 0 spiro atoms. The van der Waals surface area contributed by atoms with Crippen molar-refractivity contribution in [2.45, 2.75) is 13.3 Å². The van der Waals surface area contributed by atoms with Gasteiger partial charge in [0.15, 0.2) is 10.9 Å². The Balaban J connectivity index is 1.91. The van der Waals surface area contributed by atoms with Crippen LogP contribution in [-0.2, 0) is 0 Å². The van der Waals surface area contributed by atoms with Gasteiger partial charge in [-0.15, -0.1) is 11.3 Å². The number of nitrogens with one attached hydrogen (secondary N) is 1. The molecule has 92 valence electrons. The van der Waals surface area contributed by atoms with Crippen molar-refractivity contribution in [3.05, 3.63) is 35.7 Å². The first kappa shape index (κ1) is 11.3. The van der Waals surface area contributed by atoms with Gasteiger partial charge in [0, 0.05) is 17.3 Å². The fourth-order valence-corrected chi connectivity index (χ4v) is 2.54. The normalized spacial score (nSPS) is 10.9. The first-order valence-corrected chi connectivity index (χ1v) is 6.93. The van der Waals surface area contributed by atoms with E-state index in [0.717, 1.165) is 40.5 Å². The molecule has 3 nitrogen and oxygen atoms in total. The number of nitrogens with zero attached hydrogens (tertiary/aromatic N) is 1. The van der Waals surface area contributed by atoms with Gasteiger partial charge in [0.05, 0.1) is 0 Å². The molecule has 18 heavy (non-hydrogen) atoms. The lowest BCUT2D eigenvalue weighted by atomic mass is 10.2. The summed E-state index contributed by atoms with van der Waals surface area (Å²) in [6.45, 7) is 3.09. The summed E-state index contributed by atoms with van der Waals surface area (Å²) >= 11 is 1.61. The fraction of sp³-hybridized carbons (Fsp3) is 0.214. The van der Waals surface area contributed by atoms with Crippen molar-refractivity contribution in [2.24, 2.45) is 0 Å². The number of thiazole rings is 1. The third-order valence-electron chi connectivity index (χ3n) is 2.71. The maximum Gasteiger partial charge on any atom is 0.183 e. The van der Waals surface area contributed by atoms with Gasteiger partial charge < -0.3 is 9.73 Å². The zero-order valence-corrected chi connectivity index (χ0v) is 11.0. The zero-order valence-electron chi connectivity index (χ0n) is 10.1. The first-order valence-electron chi connectivity index (χ1n) is 6.05. The van der Waals surface area contributed by atoms with Crippen LogP contribution in [0.5, 0.6) is 0 Å². The number of benzene rings is 1. The molecule has 4 heteroatoms. The molecule has 1 aromatic carbocycles. The Bertz CT molecular complexity index is 623. The number of fused-ring (bicyclic) bond motifs is 1. The lowest BCUT2D eigenvalue weighted by Gasteiger charge is -1.96. The average molecular weight is 258 g/mol. The SMILES string of the molecule is CCCNc1nc(-c2cc3ccccc3o2)cs1. The highest BCUT2D eigenvalue weighted by atomic mass is 32.1. The Hall–Kier alpha value is -1.81. The predicted octanol–water partition coefficient (Wildman–Crippen LogP) is 4.38. The smallest absolute Gasteiger partial charge is 0.183 e. The highest BCUT2D eigenvalue weighted by molar-refractivity contribution is 7.14. The van der Waals surface area contributed by atoms with Crippen LogP contribution < -0.4 is 5.32 Å². The van der Waals surface area contributed by atoms with Crippen LogP contribution in [0.3, 0.4) is 0 Å². The van der Waals surface area contributed by atoms with E-state index >= 15 is 0 Å². The summed E-state index contributed by atoms with van der Waals surface area (Å²) < 4.78 is 5.79. The van der Waals surface area contributed by atoms with E-state index in [-0.39, 0.29) is 0 Å². The van der Waals surface area contributed by atoms with E-state index in [9.17, 15) is 0 Å². The second-order valence-corrected chi connectivity index (χ2v) is 4.97. The van der Waals surface area contributed by atoms with Crippen LogP contribution in [0.25, 0.3) is 22.4 Å². The Labute approximate surface area is 109 Å². The van der Waals surface area contributed by atoms with Crippen LogP contribution in [0.1, 0.15) is 13.3 Å². The van der Waals surface area contributed by atoms with Crippen LogP contribution in [0.4, 0.5) is 5.13 Å². The Kier molecular flexibility index (Phi) is 3.02. The molecule has 3 aromatic rings. The molecule has 0 amide bonds. The second kappa shape index (κ2) is 4.82. The predicted molar refractivity (Wildman–Crippen MR) is 76.1 cm³/mol. The van der Waals surface area contributed by atoms with Gasteiger partial charge in [0.2, 0.25) is 0 Å². The van der Waals surface area contributed by atoms with Crippen LogP contribution >= 0.6 is 11.3 Å². The fourth-order valence-electron chi connectivity index (χ4n) is 1.81. The van der Waals surface area contributed by atoms with Gasteiger partial charge in [-0.05, 0) is 18.6 Å². The molecule has 0 fully saturated rings. The topological polar surface area (TPSA) is 38.1 Å². The third-order valence-corrected chi connectivity index (χ3v) is 3.51. The van der Waals surface area contributed by atoms with E-state index in [0.29, 0.717) is 0 Å². The number of rotatable bonds is 4. The minimum absolute atomic E-state index is 0.831. The summed E-state index contributed by atoms with van der Waals surface area (Å²) in [6.07, 6.45) is 1.10. The number of furan rings is 1. The van der Waals surface area contributed by atoms with Crippen molar-refractivity contribution in [1.29, 1.82) is 0 Å². The van der Waals surface area contributed by atoms with Crippen molar-refractivity contribution in [1.82, 2.24) is 4.98 Å². The van der Waals surface area contributed by atoms with Crippen molar-refractivity contribution in [2.75, 3.05) is 11.9 Å². The number of aromatic nitrogens is 1. The van der Waals surface area contributed by atoms with E-state index in [1.807, 2.05) is 35.7 Å². The van der Waals surface area contributed by atoms with Crippen molar-refractivity contribution < 1.29 is 4.42 Å². The lowest BCUT2D eigenvalue weighted by molar-refractivity contribution is 0.629. The van der Waals surface area contributed by atoms with E-state index in [1.54, 1.807) is 11.3 Å². The Morgan fingerprint density at radius 1 is 1.33 bits per heavy atom. The molecule has 0 aliphatic carbocycles. The second-order valence-electron chi connectivity index (χ2n) is 4.11. The Morgan fingerprint density at radius 2 is 2.22 bits per heavy atom. The van der Waals surface area contributed by atoms with Crippen LogP contribution in [-0.4, -0.2) is 11.5 Å². The molecular weight excluding hydrogens is 244 g/mol. The van der Waals surface area contributed by atoms with Crippen molar-refractivity contribution in [3.63, 3.8) is 0 Å². The minimum Gasteiger partial charge on any atom is -0.454 e. The van der Waals surface area contributed by atoms with Crippen LogP contribution in [0, 0.1) is 0 Å². The molecule has 2 heterocycles. The molecule has 1 N–H and O–H groups in total. The van der Waals surface area contributed by atoms with Gasteiger partial charge in [-0.2, -0.15) is 0 Å². The molecule has 0 unspecified atom stereocenters. The number of hydrogen-bond acceptors (Lipinski definition) is 4. The molecule has 0 saturated heterocycles. The minimum atomic E-state index is 0.831. The maximum atomic E-state index is 5.79. The Morgan fingerprint density at radius 3 is 3.06 bits per heavy atom. The summed E-state index contributed by atoms with van der Waals surface area (Å²) in [5, 5.41) is 7.37. The van der Waals surface area contributed by atoms with Gasteiger partial charge in [-0.25, -0.2) is 4.98 Å². The van der Waals surface area contributed by atoms with Crippen molar-refractivity contribution >= 4 is 27.4 Å². The number of anilines is 1. The summed E-state index contributed by atoms with van der Waals surface area (Å²) in [7, 11) is 0. The molecular formula is C14H14N2OS. The molecule has 0 aliphatic rings. The van der Waals surface area contributed by atoms with E-state index in [2.05, 4.69) is 17.2 Å². The molecule has 0 atom stereocenters. The first-order chi connectivity index (χ1) is 8.86. The molecule has 0 aliphatic heterocycles. The van der Waals surface area contributed by atoms with Gasteiger partial charge in [0.25, 0.3) is 0 Å². The lowest BCUT2D eigenvalue weighted by Crippen LogP contribution is -1.98. The maximum absolute atomic E-state index is 5.79. The third kappa shape index (κ3) is 2.11. The van der Waals surface area contributed by atoms with Crippen LogP contribution in [0.15, 0.2) is 40.1 Å².